The topological polar surface area (TPSA) is 98.4 Å². The second-order valence-corrected chi connectivity index (χ2v) is 5.61. The number of ether oxygens (including phenoxy) is 3. The van der Waals surface area contributed by atoms with E-state index in [9.17, 15) is 14.7 Å². The van der Waals surface area contributed by atoms with Crippen LogP contribution in [0.25, 0.3) is 0 Å². The van der Waals surface area contributed by atoms with Crippen LogP contribution in [0.1, 0.15) is 6.42 Å². The van der Waals surface area contributed by atoms with Gasteiger partial charge < -0.3 is 19.3 Å². The van der Waals surface area contributed by atoms with Gasteiger partial charge in [-0.1, -0.05) is 0 Å². The van der Waals surface area contributed by atoms with Crippen molar-refractivity contribution in [1.82, 2.24) is 14.7 Å². The summed E-state index contributed by atoms with van der Waals surface area (Å²) < 4.78 is 15.5. The van der Waals surface area contributed by atoms with Crippen LogP contribution in [0.5, 0.6) is 0 Å². The molecule has 0 bridgehead atoms. The first-order valence-electron chi connectivity index (χ1n) is 7.08. The lowest BCUT2D eigenvalue weighted by Crippen LogP contribution is -2.70. The Labute approximate surface area is 120 Å². The molecule has 9 heteroatoms. The Morgan fingerprint density at radius 2 is 1.67 bits per heavy atom. The Hall–Kier alpha value is -1.42. The highest BCUT2D eigenvalue weighted by Gasteiger charge is 2.50. The molecule has 4 heterocycles. The fourth-order valence-electron chi connectivity index (χ4n) is 2.54. The molecule has 4 saturated heterocycles. The van der Waals surface area contributed by atoms with Gasteiger partial charge in [0.05, 0.1) is 45.1 Å². The number of aliphatic hydroxyl groups excluding tert-OH is 1. The van der Waals surface area contributed by atoms with Crippen LogP contribution < -0.4 is 0 Å². The van der Waals surface area contributed by atoms with Gasteiger partial charge in [-0.15, -0.1) is 0 Å². The molecule has 21 heavy (non-hydrogen) atoms. The number of amides is 4. The van der Waals surface area contributed by atoms with Crippen LogP contribution >= 0.6 is 0 Å². The Bertz CT molecular complexity index is 462. The number of carbonyl (C=O) groups excluding carboxylic acids is 2. The number of hydrogen-bond donors (Lipinski definition) is 1. The molecule has 4 amide bonds. The van der Waals surface area contributed by atoms with Gasteiger partial charge in [0.15, 0.2) is 0 Å². The highest BCUT2D eigenvalue weighted by molar-refractivity contribution is 5.96. The summed E-state index contributed by atoms with van der Waals surface area (Å²) in [6.07, 6.45) is -1.31. The third-order valence-corrected chi connectivity index (χ3v) is 4.03. The highest BCUT2D eigenvalue weighted by Crippen LogP contribution is 2.28. The largest absolute Gasteiger partial charge is 0.371 e. The quantitative estimate of drug-likeness (QED) is 0.652. The molecule has 0 aromatic rings. The van der Waals surface area contributed by atoms with Crippen molar-refractivity contribution in [3.05, 3.63) is 0 Å². The summed E-state index contributed by atoms with van der Waals surface area (Å²) in [6.45, 7) is 2.13. The smallest absolute Gasteiger partial charge is 0.333 e. The van der Waals surface area contributed by atoms with Crippen LogP contribution in [0, 0.1) is 0 Å². The Morgan fingerprint density at radius 3 is 2.19 bits per heavy atom. The first-order valence-corrected chi connectivity index (χ1v) is 7.08. The molecule has 116 valence electrons. The lowest BCUT2D eigenvalue weighted by atomic mass is 10.2. The average molecular weight is 299 g/mol. The molecule has 0 aromatic heterocycles. The zero-order valence-electron chi connectivity index (χ0n) is 11.4. The lowest BCUT2D eigenvalue weighted by molar-refractivity contribution is -0.208. The maximum Gasteiger partial charge on any atom is 0.333 e. The van der Waals surface area contributed by atoms with Crippen LogP contribution in [-0.2, 0) is 14.2 Å². The van der Waals surface area contributed by atoms with Gasteiger partial charge in [0.25, 0.3) is 0 Å². The summed E-state index contributed by atoms with van der Waals surface area (Å²) in [6, 6.07) is -1.03. The van der Waals surface area contributed by atoms with E-state index in [1.165, 1.54) is 9.80 Å². The molecule has 9 nitrogen and oxygen atoms in total. The van der Waals surface area contributed by atoms with E-state index in [4.69, 9.17) is 14.2 Å². The molecule has 0 saturated carbocycles. The first-order chi connectivity index (χ1) is 10.1. The summed E-state index contributed by atoms with van der Waals surface area (Å²) in [5.74, 6) is 0. The molecule has 4 unspecified atom stereocenters. The molecule has 1 N–H and O–H groups in total. The Balaban J connectivity index is 1.56. The molecule has 4 aliphatic rings. The van der Waals surface area contributed by atoms with E-state index in [0.717, 1.165) is 4.90 Å². The summed E-state index contributed by atoms with van der Waals surface area (Å²) in [5, 5.41) is 10.4. The summed E-state index contributed by atoms with van der Waals surface area (Å²) in [5.41, 5.74) is 0. The van der Waals surface area contributed by atoms with Crippen LogP contribution in [0.15, 0.2) is 0 Å². The predicted octanol–water partition coefficient (Wildman–Crippen LogP) is -1.03. The molecule has 4 atom stereocenters. The van der Waals surface area contributed by atoms with E-state index in [1.54, 1.807) is 0 Å². The minimum atomic E-state index is -1.31. The molecule has 4 rings (SSSR count). The Morgan fingerprint density at radius 1 is 1.05 bits per heavy atom. The minimum Gasteiger partial charge on any atom is -0.371 e. The Kier molecular flexibility index (Phi) is 3.03. The van der Waals surface area contributed by atoms with Crippen molar-refractivity contribution in [3.63, 3.8) is 0 Å². The van der Waals surface area contributed by atoms with E-state index in [1.807, 2.05) is 0 Å². The first kappa shape index (κ1) is 13.3. The maximum absolute atomic E-state index is 12.5. The van der Waals surface area contributed by atoms with Crippen LogP contribution in [0.2, 0.25) is 0 Å². The molecule has 0 radical (unpaired) electrons. The van der Waals surface area contributed by atoms with E-state index in [-0.39, 0.29) is 25.3 Å². The lowest BCUT2D eigenvalue weighted by Gasteiger charge is -2.49. The van der Waals surface area contributed by atoms with Gasteiger partial charge in [0.1, 0.15) is 6.23 Å². The molecule has 4 aliphatic heterocycles. The molecule has 4 fully saturated rings. The summed E-state index contributed by atoms with van der Waals surface area (Å²) in [4.78, 5) is 28.5. The van der Waals surface area contributed by atoms with Crippen molar-refractivity contribution in [1.29, 1.82) is 0 Å². The zero-order valence-corrected chi connectivity index (χ0v) is 11.4. The molecule has 0 spiro atoms. The number of rotatable bonds is 5. The summed E-state index contributed by atoms with van der Waals surface area (Å²) in [7, 11) is 0. The van der Waals surface area contributed by atoms with Crippen molar-refractivity contribution in [2.24, 2.45) is 0 Å². The number of imide groups is 1. The minimum absolute atomic E-state index is 0.0695. The number of urea groups is 2. The summed E-state index contributed by atoms with van der Waals surface area (Å²) >= 11 is 0. The third-order valence-electron chi connectivity index (χ3n) is 4.03. The van der Waals surface area contributed by atoms with E-state index < -0.39 is 24.6 Å². The second kappa shape index (κ2) is 4.80. The number of nitrogens with zero attached hydrogens (tertiary/aromatic N) is 3. The predicted molar refractivity (Wildman–Crippen MR) is 65.9 cm³/mol. The molecule has 0 aromatic carbocycles. The third kappa shape index (κ3) is 2.35. The fraction of sp³-hybridized carbons (Fsp3) is 0.833. The second-order valence-electron chi connectivity index (χ2n) is 5.61. The SMILES string of the molecule is O=C1N(CC2CO2)C(=O)N(C2CCO2)C(O)N1CC1CO1. The van der Waals surface area contributed by atoms with Gasteiger partial charge >= 0.3 is 12.1 Å². The average Bonchev–Trinajstić information content (AvgIpc) is 3.28. The van der Waals surface area contributed by atoms with E-state index in [0.29, 0.717) is 26.2 Å². The number of aliphatic hydroxyl groups is 1. The standard InChI is InChI=1S/C12H17N3O6/c16-10-13(3-7-5-20-7)11(17)15(9-1-2-19-9)12(18)14(10)4-8-6-21-8/h7-9,11,17H,1-6H2. The van der Waals surface area contributed by atoms with Crippen LogP contribution in [0.3, 0.4) is 0 Å². The monoisotopic (exact) mass is 299 g/mol. The number of hydrogen-bond acceptors (Lipinski definition) is 6. The van der Waals surface area contributed by atoms with Crippen LogP contribution in [-0.4, -0.2) is 89.6 Å². The zero-order chi connectivity index (χ0) is 14.6. The number of carbonyl (C=O) groups is 2. The molecular weight excluding hydrogens is 282 g/mol. The van der Waals surface area contributed by atoms with Crippen molar-refractivity contribution in [3.8, 4) is 0 Å². The van der Waals surface area contributed by atoms with Gasteiger partial charge in [-0.25, -0.2) is 14.5 Å². The fourth-order valence-corrected chi connectivity index (χ4v) is 2.54. The van der Waals surface area contributed by atoms with Gasteiger partial charge in [0.2, 0.25) is 6.35 Å². The molecular formula is C12H17N3O6. The highest BCUT2D eigenvalue weighted by atomic mass is 16.6. The van der Waals surface area contributed by atoms with Gasteiger partial charge in [0, 0.05) is 6.42 Å². The number of epoxide rings is 2. The van der Waals surface area contributed by atoms with Gasteiger partial charge in [-0.05, 0) is 0 Å². The van der Waals surface area contributed by atoms with Gasteiger partial charge in [-0.2, -0.15) is 0 Å². The van der Waals surface area contributed by atoms with E-state index in [2.05, 4.69) is 0 Å². The molecule has 0 aliphatic carbocycles. The van der Waals surface area contributed by atoms with Crippen molar-refractivity contribution < 1.29 is 28.9 Å². The van der Waals surface area contributed by atoms with Gasteiger partial charge in [-0.3, -0.25) is 9.80 Å². The normalized spacial score (nSPS) is 38.6. The van der Waals surface area contributed by atoms with Crippen molar-refractivity contribution in [2.75, 3.05) is 32.9 Å². The maximum atomic E-state index is 12.5. The van der Waals surface area contributed by atoms with Crippen molar-refractivity contribution >= 4 is 12.1 Å². The van der Waals surface area contributed by atoms with Crippen molar-refractivity contribution in [2.45, 2.75) is 31.2 Å². The van der Waals surface area contributed by atoms with E-state index >= 15 is 0 Å². The van der Waals surface area contributed by atoms with Crippen LogP contribution in [0.4, 0.5) is 9.59 Å².